The summed E-state index contributed by atoms with van der Waals surface area (Å²) in [6.07, 6.45) is 1.30. The van der Waals surface area contributed by atoms with Gasteiger partial charge in [0.2, 0.25) is 10.0 Å². The van der Waals surface area contributed by atoms with Crippen LogP contribution in [0.2, 0.25) is 0 Å². The Kier molecular flexibility index (Phi) is 6.57. The molecule has 0 amide bonds. The first-order valence-corrected chi connectivity index (χ1v) is 10.0. The average molecular weight is 380 g/mol. The lowest BCUT2D eigenvalue weighted by Gasteiger charge is -2.11. The summed E-state index contributed by atoms with van der Waals surface area (Å²) in [6.45, 7) is 2.48. The summed E-state index contributed by atoms with van der Waals surface area (Å²) in [4.78, 5) is 16.5. The molecule has 2 rings (SSSR count). The number of carbonyl (C=O) groups is 1. The number of carbonyl (C=O) groups excluding carboxylic acids is 1. The Morgan fingerprint density at radius 2 is 1.84 bits per heavy atom. The van der Waals surface area contributed by atoms with Gasteiger partial charge >= 0.3 is 0 Å². The van der Waals surface area contributed by atoms with Crippen molar-refractivity contribution in [2.45, 2.75) is 16.8 Å². The first kappa shape index (κ1) is 19.4. The third-order valence-electron chi connectivity index (χ3n) is 3.33. The average Bonchev–Trinajstić information content (AvgIpc) is 2.61. The third-order valence-corrected chi connectivity index (χ3v) is 6.07. The number of thioether (sulfide) groups is 1. The van der Waals surface area contributed by atoms with Gasteiger partial charge in [-0.05, 0) is 43.3 Å². The van der Waals surface area contributed by atoms with Crippen LogP contribution in [0.5, 0.6) is 5.75 Å². The van der Waals surface area contributed by atoms with Gasteiger partial charge in [0.25, 0.3) is 0 Å². The van der Waals surface area contributed by atoms with Crippen molar-refractivity contribution in [1.29, 1.82) is 0 Å². The highest BCUT2D eigenvalue weighted by Gasteiger charge is 2.17. The minimum absolute atomic E-state index is 0.0279. The van der Waals surface area contributed by atoms with Crippen LogP contribution >= 0.6 is 11.8 Å². The van der Waals surface area contributed by atoms with E-state index in [9.17, 15) is 13.2 Å². The highest BCUT2D eigenvalue weighted by molar-refractivity contribution is 7.99. The van der Waals surface area contributed by atoms with Gasteiger partial charge in [-0.15, -0.1) is 0 Å². The Balaban J connectivity index is 1.98. The van der Waals surface area contributed by atoms with E-state index in [2.05, 4.69) is 4.98 Å². The van der Waals surface area contributed by atoms with Crippen LogP contribution in [0.25, 0.3) is 0 Å². The van der Waals surface area contributed by atoms with Crippen LogP contribution in [0.15, 0.2) is 52.5 Å². The number of hydrogen-bond acceptors (Lipinski definition) is 6. The summed E-state index contributed by atoms with van der Waals surface area (Å²) >= 11 is 1.27. The van der Waals surface area contributed by atoms with Gasteiger partial charge in [0.05, 0.1) is 17.4 Å². The van der Waals surface area contributed by atoms with Crippen LogP contribution in [-0.4, -0.2) is 49.9 Å². The number of aromatic nitrogens is 1. The van der Waals surface area contributed by atoms with Crippen LogP contribution in [0.4, 0.5) is 0 Å². The molecule has 6 nitrogen and oxygen atoms in total. The first-order chi connectivity index (χ1) is 11.8. The monoisotopic (exact) mass is 380 g/mol. The molecule has 0 saturated carbocycles. The Morgan fingerprint density at radius 1 is 1.16 bits per heavy atom. The van der Waals surface area contributed by atoms with Crippen LogP contribution in [-0.2, 0) is 10.0 Å². The van der Waals surface area contributed by atoms with Crippen molar-refractivity contribution in [2.75, 3.05) is 26.5 Å². The fraction of sp³-hybridized carbons (Fsp3) is 0.294. The van der Waals surface area contributed by atoms with Crippen molar-refractivity contribution < 1.29 is 17.9 Å². The molecule has 1 aromatic carbocycles. The van der Waals surface area contributed by atoms with Gasteiger partial charge in [0.15, 0.2) is 5.78 Å². The molecule has 0 fully saturated rings. The maximum Gasteiger partial charge on any atom is 0.244 e. The van der Waals surface area contributed by atoms with Crippen molar-refractivity contribution in [2.24, 2.45) is 0 Å². The standard InChI is InChI=1S/C17H20N2O4S2/c1-4-23-14-7-5-13(6-8-14)16(20)12-24-17-10-9-15(11-18-17)25(21,22)19(2)3/h5-11H,4,12H2,1-3H3. The first-order valence-electron chi connectivity index (χ1n) is 7.62. The summed E-state index contributed by atoms with van der Waals surface area (Å²) in [5, 5.41) is 0.594. The van der Waals surface area contributed by atoms with Crippen LogP contribution in [0.1, 0.15) is 17.3 Å². The van der Waals surface area contributed by atoms with Crippen LogP contribution in [0.3, 0.4) is 0 Å². The Bertz CT molecular complexity index is 817. The molecule has 0 saturated heterocycles. The molecule has 1 aromatic heterocycles. The summed E-state index contributed by atoms with van der Waals surface area (Å²) in [5.41, 5.74) is 0.600. The molecular formula is C17H20N2O4S2. The second kappa shape index (κ2) is 8.46. The van der Waals surface area contributed by atoms with Gasteiger partial charge in [-0.2, -0.15) is 0 Å². The van der Waals surface area contributed by atoms with Gasteiger partial charge < -0.3 is 4.74 Å². The normalized spacial score (nSPS) is 11.5. The molecule has 0 bridgehead atoms. The largest absolute Gasteiger partial charge is 0.494 e. The summed E-state index contributed by atoms with van der Waals surface area (Å²) < 4.78 is 30.4. The number of nitrogens with zero attached hydrogens (tertiary/aromatic N) is 2. The van der Waals surface area contributed by atoms with Gasteiger partial charge in [0, 0.05) is 25.9 Å². The van der Waals surface area contributed by atoms with Gasteiger partial charge in [-0.3, -0.25) is 4.79 Å². The number of pyridine rings is 1. The summed E-state index contributed by atoms with van der Waals surface area (Å²) in [5.74, 6) is 0.923. The van der Waals surface area contributed by atoms with Crippen molar-refractivity contribution in [3.05, 3.63) is 48.2 Å². The molecule has 0 spiro atoms. The SMILES string of the molecule is CCOc1ccc(C(=O)CSc2ccc(S(=O)(=O)N(C)C)cn2)cc1. The molecule has 2 aromatic rings. The van der Waals surface area contributed by atoms with Crippen molar-refractivity contribution in [1.82, 2.24) is 9.29 Å². The fourth-order valence-corrected chi connectivity index (χ4v) is 3.53. The molecule has 0 aliphatic heterocycles. The number of ketones is 1. The van der Waals surface area contributed by atoms with E-state index in [-0.39, 0.29) is 16.4 Å². The molecule has 0 unspecified atom stereocenters. The highest BCUT2D eigenvalue weighted by atomic mass is 32.2. The minimum Gasteiger partial charge on any atom is -0.494 e. The molecular weight excluding hydrogens is 360 g/mol. The smallest absolute Gasteiger partial charge is 0.244 e. The Hall–Kier alpha value is -1.90. The molecule has 0 aliphatic carbocycles. The van der Waals surface area contributed by atoms with E-state index in [0.717, 1.165) is 10.1 Å². The van der Waals surface area contributed by atoms with Gasteiger partial charge in [0.1, 0.15) is 10.6 Å². The molecule has 1 heterocycles. The van der Waals surface area contributed by atoms with E-state index in [4.69, 9.17) is 4.74 Å². The van der Waals surface area contributed by atoms with Crippen molar-refractivity contribution >= 4 is 27.6 Å². The molecule has 0 radical (unpaired) electrons. The second-order valence-electron chi connectivity index (χ2n) is 5.29. The fourth-order valence-electron chi connectivity index (χ4n) is 1.94. The third kappa shape index (κ3) is 5.04. The topological polar surface area (TPSA) is 76.6 Å². The Labute approximate surface area is 152 Å². The molecule has 8 heteroatoms. The quantitative estimate of drug-likeness (QED) is 0.518. The molecule has 0 aliphatic rings. The van der Waals surface area contributed by atoms with Crippen molar-refractivity contribution in [3.8, 4) is 5.75 Å². The predicted octanol–water partition coefficient (Wildman–Crippen LogP) is 2.71. The van der Waals surface area contributed by atoms with Gasteiger partial charge in [-0.25, -0.2) is 17.7 Å². The zero-order valence-electron chi connectivity index (χ0n) is 14.3. The summed E-state index contributed by atoms with van der Waals surface area (Å²) in [7, 11) is -0.563. The predicted molar refractivity (Wildman–Crippen MR) is 97.8 cm³/mol. The van der Waals surface area contributed by atoms with E-state index >= 15 is 0 Å². The van der Waals surface area contributed by atoms with Crippen molar-refractivity contribution in [3.63, 3.8) is 0 Å². The van der Waals surface area contributed by atoms with E-state index in [0.29, 0.717) is 17.2 Å². The maximum atomic E-state index is 12.2. The number of rotatable bonds is 8. The number of hydrogen-bond donors (Lipinski definition) is 0. The molecule has 0 atom stereocenters. The number of ether oxygens (including phenoxy) is 1. The van der Waals surface area contributed by atoms with E-state index in [1.165, 1.54) is 38.1 Å². The molecule has 134 valence electrons. The lowest BCUT2D eigenvalue weighted by atomic mass is 10.1. The summed E-state index contributed by atoms with van der Waals surface area (Å²) in [6, 6.07) is 10.1. The lowest BCUT2D eigenvalue weighted by Crippen LogP contribution is -2.22. The molecule has 0 N–H and O–H groups in total. The second-order valence-corrected chi connectivity index (χ2v) is 8.44. The maximum absolute atomic E-state index is 12.2. The molecule has 25 heavy (non-hydrogen) atoms. The Morgan fingerprint density at radius 3 is 2.36 bits per heavy atom. The highest BCUT2D eigenvalue weighted by Crippen LogP contribution is 2.20. The number of benzene rings is 1. The van der Waals surface area contributed by atoms with Gasteiger partial charge in [-0.1, -0.05) is 11.8 Å². The van der Waals surface area contributed by atoms with Crippen LogP contribution < -0.4 is 4.74 Å². The number of sulfonamides is 1. The van der Waals surface area contributed by atoms with E-state index < -0.39 is 10.0 Å². The zero-order valence-corrected chi connectivity index (χ0v) is 15.9. The zero-order chi connectivity index (χ0) is 18.4. The van der Waals surface area contributed by atoms with Crippen LogP contribution in [0, 0.1) is 0 Å². The lowest BCUT2D eigenvalue weighted by molar-refractivity contribution is 0.102. The minimum atomic E-state index is -3.49. The number of Topliss-reactive ketones (excluding diaryl/α,β-unsaturated/α-hetero) is 1. The van der Waals surface area contributed by atoms with E-state index in [1.807, 2.05) is 6.92 Å². The van der Waals surface area contributed by atoms with E-state index in [1.54, 1.807) is 30.3 Å².